The van der Waals surface area contributed by atoms with Crippen LogP contribution in [0.3, 0.4) is 0 Å². The van der Waals surface area contributed by atoms with Crippen LogP contribution >= 0.6 is 15.9 Å². The summed E-state index contributed by atoms with van der Waals surface area (Å²) < 4.78 is 11.9. The molecule has 0 unspecified atom stereocenters. The van der Waals surface area contributed by atoms with E-state index in [9.17, 15) is 4.79 Å². The Hall–Kier alpha value is -2.34. The first-order chi connectivity index (χ1) is 11.2. The van der Waals surface area contributed by atoms with Gasteiger partial charge >= 0.3 is 0 Å². The predicted octanol–water partition coefficient (Wildman–Crippen LogP) is 3.38. The molecule has 0 atom stereocenters. The standard InChI is InChI=1S/C17H17BrN2O3/c1-2-22-15-5-3-4-6-16(15)23-12-17(21)20-19-11-13-7-9-14(18)10-8-13/h3-11H,2,12H2,1H3,(H,20,21)/b19-11+. The molecule has 2 aromatic carbocycles. The summed E-state index contributed by atoms with van der Waals surface area (Å²) in [5.74, 6) is 0.798. The summed E-state index contributed by atoms with van der Waals surface area (Å²) in [4.78, 5) is 11.7. The van der Waals surface area contributed by atoms with Gasteiger partial charge < -0.3 is 9.47 Å². The van der Waals surface area contributed by atoms with Crippen molar-refractivity contribution in [2.24, 2.45) is 5.10 Å². The zero-order chi connectivity index (χ0) is 16.5. The van der Waals surface area contributed by atoms with E-state index in [0.29, 0.717) is 18.1 Å². The van der Waals surface area contributed by atoms with Gasteiger partial charge in [-0.15, -0.1) is 0 Å². The van der Waals surface area contributed by atoms with Gasteiger partial charge in [-0.25, -0.2) is 5.43 Å². The summed E-state index contributed by atoms with van der Waals surface area (Å²) in [6.45, 7) is 2.28. The van der Waals surface area contributed by atoms with Crippen LogP contribution in [0.4, 0.5) is 0 Å². The highest BCUT2D eigenvalue weighted by Gasteiger charge is 2.06. The minimum atomic E-state index is -0.343. The second-order valence-corrected chi connectivity index (χ2v) is 5.43. The van der Waals surface area contributed by atoms with Crippen molar-refractivity contribution in [3.63, 3.8) is 0 Å². The highest BCUT2D eigenvalue weighted by atomic mass is 79.9. The third-order valence-corrected chi connectivity index (χ3v) is 3.31. The zero-order valence-electron chi connectivity index (χ0n) is 12.7. The van der Waals surface area contributed by atoms with Gasteiger partial charge in [0, 0.05) is 4.47 Å². The van der Waals surface area contributed by atoms with Crippen molar-refractivity contribution in [1.82, 2.24) is 5.43 Å². The molecule has 6 heteroatoms. The van der Waals surface area contributed by atoms with Gasteiger partial charge in [-0.3, -0.25) is 4.79 Å². The Kier molecular flexibility index (Phi) is 6.62. The number of hydrogen-bond donors (Lipinski definition) is 1. The van der Waals surface area contributed by atoms with Crippen LogP contribution in [0.1, 0.15) is 12.5 Å². The summed E-state index contributed by atoms with van der Waals surface area (Å²) in [5.41, 5.74) is 3.31. The second kappa shape index (κ2) is 8.95. The Labute approximate surface area is 143 Å². The van der Waals surface area contributed by atoms with E-state index in [1.165, 1.54) is 0 Å². The summed E-state index contributed by atoms with van der Waals surface area (Å²) in [6, 6.07) is 14.8. The zero-order valence-corrected chi connectivity index (χ0v) is 14.2. The van der Waals surface area contributed by atoms with Crippen molar-refractivity contribution in [3.05, 3.63) is 58.6 Å². The third-order valence-electron chi connectivity index (χ3n) is 2.78. The maximum absolute atomic E-state index is 11.7. The molecule has 0 saturated carbocycles. The highest BCUT2D eigenvalue weighted by Crippen LogP contribution is 2.26. The minimum Gasteiger partial charge on any atom is -0.490 e. The minimum absolute atomic E-state index is 0.137. The molecule has 0 bridgehead atoms. The first-order valence-corrected chi connectivity index (χ1v) is 7.90. The number of hydrogen-bond acceptors (Lipinski definition) is 4. The lowest BCUT2D eigenvalue weighted by Crippen LogP contribution is -2.24. The Morgan fingerprint density at radius 2 is 1.78 bits per heavy atom. The average Bonchev–Trinajstić information content (AvgIpc) is 2.56. The lowest BCUT2D eigenvalue weighted by atomic mass is 10.2. The molecular formula is C17H17BrN2O3. The summed E-state index contributed by atoms with van der Waals surface area (Å²) in [6.07, 6.45) is 1.57. The van der Waals surface area contributed by atoms with Gasteiger partial charge in [0.1, 0.15) is 0 Å². The molecule has 0 aliphatic rings. The van der Waals surface area contributed by atoms with E-state index in [1.54, 1.807) is 18.3 Å². The van der Waals surface area contributed by atoms with Crippen molar-refractivity contribution >= 4 is 28.1 Å². The molecule has 1 amide bonds. The number of hydrazone groups is 1. The van der Waals surface area contributed by atoms with Gasteiger partial charge in [0.15, 0.2) is 18.1 Å². The number of halogens is 1. The number of carbonyl (C=O) groups is 1. The molecule has 1 N–H and O–H groups in total. The Balaban J connectivity index is 1.82. The first kappa shape index (κ1) is 17.0. The molecule has 120 valence electrons. The number of para-hydroxylation sites is 2. The normalized spacial score (nSPS) is 10.5. The summed E-state index contributed by atoms with van der Waals surface area (Å²) >= 11 is 3.36. The number of amides is 1. The predicted molar refractivity (Wildman–Crippen MR) is 93.0 cm³/mol. The first-order valence-electron chi connectivity index (χ1n) is 7.11. The van der Waals surface area contributed by atoms with Crippen molar-refractivity contribution in [1.29, 1.82) is 0 Å². The van der Waals surface area contributed by atoms with Crippen LogP contribution < -0.4 is 14.9 Å². The lowest BCUT2D eigenvalue weighted by Gasteiger charge is -2.10. The lowest BCUT2D eigenvalue weighted by molar-refractivity contribution is -0.123. The molecule has 2 rings (SSSR count). The number of rotatable bonds is 7. The molecule has 0 saturated heterocycles. The summed E-state index contributed by atoms with van der Waals surface area (Å²) in [7, 11) is 0. The van der Waals surface area contributed by atoms with Crippen LogP contribution in [0.2, 0.25) is 0 Å². The molecule has 5 nitrogen and oxygen atoms in total. The Morgan fingerprint density at radius 3 is 2.43 bits per heavy atom. The largest absolute Gasteiger partial charge is 0.490 e. The van der Waals surface area contributed by atoms with Crippen LogP contribution in [-0.2, 0) is 4.79 Å². The van der Waals surface area contributed by atoms with E-state index in [0.717, 1.165) is 10.0 Å². The highest BCUT2D eigenvalue weighted by molar-refractivity contribution is 9.10. The fourth-order valence-corrected chi connectivity index (χ4v) is 2.01. The molecule has 0 heterocycles. The van der Waals surface area contributed by atoms with Gasteiger partial charge in [0.2, 0.25) is 0 Å². The molecule has 0 aliphatic carbocycles. The van der Waals surface area contributed by atoms with E-state index in [1.807, 2.05) is 43.3 Å². The number of ether oxygens (including phenoxy) is 2. The topological polar surface area (TPSA) is 59.9 Å². The molecule has 0 aliphatic heterocycles. The van der Waals surface area contributed by atoms with Crippen LogP contribution in [0.5, 0.6) is 11.5 Å². The molecule has 0 aromatic heterocycles. The van der Waals surface area contributed by atoms with Crippen molar-refractivity contribution in [2.45, 2.75) is 6.92 Å². The molecule has 23 heavy (non-hydrogen) atoms. The van der Waals surface area contributed by atoms with E-state index in [2.05, 4.69) is 26.5 Å². The molecule has 2 aromatic rings. The second-order valence-electron chi connectivity index (χ2n) is 4.51. The van der Waals surface area contributed by atoms with Crippen molar-refractivity contribution in [3.8, 4) is 11.5 Å². The van der Waals surface area contributed by atoms with Crippen LogP contribution in [0.15, 0.2) is 58.1 Å². The van der Waals surface area contributed by atoms with Crippen LogP contribution in [-0.4, -0.2) is 25.3 Å². The maximum Gasteiger partial charge on any atom is 0.277 e. The maximum atomic E-state index is 11.7. The smallest absolute Gasteiger partial charge is 0.277 e. The fourth-order valence-electron chi connectivity index (χ4n) is 1.75. The number of benzene rings is 2. The SMILES string of the molecule is CCOc1ccccc1OCC(=O)N/N=C/c1ccc(Br)cc1. The van der Waals surface area contributed by atoms with Crippen LogP contribution in [0.25, 0.3) is 0 Å². The van der Waals surface area contributed by atoms with Gasteiger partial charge in [-0.2, -0.15) is 5.10 Å². The molecular weight excluding hydrogens is 360 g/mol. The van der Waals surface area contributed by atoms with Gasteiger partial charge in [-0.1, -0.05) is 40.2 Å². The Morgan fingerprint density at radius 1 is 1.13 bits per heavy atom. The molecule has 0 fully saturated rings. The Bertz CT molecular complexity index is 672. The van der Waals surface area contributed by atoms with Gasteiger partial charge in [0.05, 0.1) is 12.8 Å². The summed E-state index contributed by atoms with van der Waals surface area (Å²) in [5, 5.41) is 3.89. The monoisotopic (exact) mass is 376 g/mol. The van der Waals surface area contributed by atoms with Gasteiger partial charge in [-0.05, 0) is 36.8 Å². The number of carbonyl (C=O) groups excluding carboxylic acids is 1. The number of nitrogens with one attached hydrogen (secondary N) is 1. The quantitative estimate of drug-likeness (QED) is 0.595. The number of nitrogens with zero attached hydrogens (tertiary/aromatic N) is 1. The molecule has 0 radical (unpaired) electrons. The average molecular weight is 377 g/mol. The van der Waals surface area contributed by atoms with E-state index >= 15 is 0 Å². The van der Waals surface area contributed by atoms with E-state index < -0.39 is 0 Å². The van der Waals surface area contributed by atoms with Crippen molar-refractivity contribution in [2.75, 3.05) is 13.2 Å². The van der Waals surface area contributed by atoms with E-state index in [-0.39, 0.29) is 12.5 Å². The van der Waals surface area contributed by atoms with Gasteiger partial charge in [0.25, 0.3) is 5.91 Å². The fraction of sp³-hybridized carbons (Fsp3) is 0.176. The van der Waals surface area contributed by atoms with Crippen molar-refractivity contribution < 1.29 is 14.3 Å². The van der Waals surface area contributed by atoms with E-state index in [4.69, 9.17) is 9.47 Å². The molecule has 0 spiro atoms. The third kappa shape index (κ3) is 5.75. The van der Waals surface area contributed by atoms with Crippen LogP contribution in [0, 0.1) is 0 Å².